The summed E-state index contributed by atoms with van der Waals surface area (Å²) in [5.41, 5.74) is 0.818. The van der Waals surface area contributed by atoms with Gasteiger partial charge in [0.25, 0.3) is 0 Å². The molecule has 0 heterocycles. The minimum absolute atomic E-state index is 0.258. The average molecular weight is 217 g/mol. The molecular weight excluding hydrogens is 208 g/mol. The van der Waals surface area contributed by atoms with Crippen molar-refractivity contribution in [1.29, 1.82) is 5.26 Å². The van der Waals surface area contributed by atoms with Gasteiger partial charge in [0.05, 0.1) is 0 Å². The zero-order chi connectivity index (χ0) is 11.8. The molecule has 16 heavy (non-hydrogen) atoms. The Morgan fingerprint density at radius 3 is 2.38 bits per heavy atom. The number of rotatable bonds is 1. The molecule has 2 aromatic rings. The number of benzene rings is 2. The Bertz CT molecular complexity index is 582. The quantitative estimate of drug-likeness (QED) is 0.713. The molecule has 0 aliphatic carbocycles. The van der Waals surface area contributed by atoms with Crippen molar-refractivity contribution < 1.29 is 8.78 Å². The third-order valence-corrected chi connectivity index (χ3v) is 2.50. The van der Waals surface area contributed by atoms with Crippen molar-refractivity contribution in [2.45, 2.75) is 12.8 Å². The molecule has 0 N–H and O–H groups in total. The van der Waals surface area contributed by atoms with E-state index in [1.54, 1.807) is 12.1 Å². The van der Waals surface area contributed by atoms with Crippen LogP contribution < -0.4 is 0 Å². The minimum Gasteiger partial charge on any atom is -0.191 e. The van der Waals surface area contributed by atoms with Crippen molar-refractivity contribution in [3.63, 3.8) is 0 Å². The molecule has 0 unspecified atom stereocenters. The van der Waals surface area contributed by atoms with Crippen molar-refractivity contribution in [2.24, 2.45) is 0 Å². The smallest absolute Gasteiger partial charge is 0.191 e. The van der Waals surface area contributed by atoms with Crippen LogP contribution in [0.2, 0.25) is 0 Å². The van der Waals surface area contributed by atoms with E-state index in [0.717, 1.165) is 22.4 Å². The average Bonchev–Trinajstić information content (AvgIpc) is 2.28. The molecule has 0 aliphatic rings. The topological polar surface area (TPSA) is 23.8 Å². The standard InChI is InChI=1S/C13H9F2N/c1-9-2-3-11-7-12(13(14,15)8-16)5-4-10(11)6-9/h2-7H,1H3. The summed E-state index contributed by atoms with van der Waals surface area (Å²) in [6.45, 7) is 1.94. The predicted octanol–water partition coefficient (Wildman–Crippen LogP) is 3.76. The van der Waals surface area contributed by atoms with E-state index < -0.39 is 5.92 Å². The monoisotopic (exact) mass is 217 g/mol. The Kier molecular flexibility index (Phi) is 2.35. The molecule has 0 bridgehead atoms. The van der Waals surface area contributed by atoms with Gasteiger partial charge in [-0.2, -0.15) is 14.0 Å². The third kappa shape index (κ3) is 1.74. The van der Waals surface area contributed by atoms with Crippen molar-refractivity contribution in [1.82, 2.24) is 0 Å². The van der Waals surface area contributed by atoms with Gasteiger partial charge in [-0.3, -0.25) is 0 Å². The summed E-state index contributed by atoms with van der Waals surface area (Å²) in [5.74, 6) is -3.42. The molecule has 80 valence electrons. The number of nitriles is 1. The molecular formula is C13H9F2N. The maximum Gasteiger partial charge on any atom is 0.357 e. The fraction of sp³-hybridized carbons (Fsp3) is 0.154. The Morgan fingerprint density at radius 2 is 1.69 bits per heavy atom. The number of nitrogens with zero attached hydrogens (tertiary/aromatic N) is 1. The van der Waals surface area contributed by atoms with E-state index in [0.29, 0.717) is 0 Å². The van der Waals surface area contributed by atoms with Gasteiger partial charge in [0.2, 0.25) is 0 Å². The lowest BCUT2D eigenvalue weighted by Gasteiger charge is -2.08. The molecule has 0 saturated carbocycles. The number of aryl methyl sites for hydroxylation is 1. The van der Waals surface area contributed by atoms with E-state index in [1.807, 2.05) is 19.1 Å². The van der Waals surface area contributed by atoms with E-state index in [1.165, 1.54) is 12.1 Å². The second kappa shape index (κ2) is 3.57. The second-order valence-electron chi connectivity index (χ2n) is 3.75. The first-order valence-corrected chi connectivity index (χ1v) is 4.83. The summed E-state index contributed by atoms with van der Waals surface area (Å²) in [4.78, 5) is 0. The highest BCUT2D eigenvalue weighted by atomic mass is 19.3. The Morgan fingerprint density at radius 1 is 1.06 bits per heavy atom. The highest BCUT2D eigenvalue weighted by Crippen LogP contribution is 2.29. The van der Waals surface area contributed by atoms with Gasteiger partial charge in [-0.05, 0) is 23.8 Å². The van der Waals surface area contributed by atoms with E-state index >= 15 is 0 Å². The molecule has 0 fully saturated rings. The Labute approximate surface area is 91.9 Å². The first kappa shape index (κ1) is 10.6. The van der Waals surface area contributed by atoms with Crippen molar-refractivity contribution >= 4 is 10.8 Å². The van der Waals surface area contributed by atoms with Gasteiger partial charge in [-0.15, -0.1) is 0 Å². The van der Waals surface area contributed by atoms with Gasteiger partial charge in [-0.25, -0.2) is 0 Å². The van der Waals surface area contributed by atoms with Crippen LogP contribution in [0.4, 0.5) is 8.78 Å². The van der Waals surface area contributed by atoms with Crippen LogP contribution in [0.15, 0.2) is 36.4 Å². The summed E-state index contributed by atoms with van der Waals surface area (Å²) >= 11 is 0. The number of hydrogen-bond acceptors (Lipinski definition) is 1. The van der Waals surface area contributed by atoms with Crippen molar-refractivity contribution in [3.05, 3.63) is 47.5 Å². The fourth-order valence-corrected chi connectivity index (χ4v) is 1.63. The van der Waals surface area contributed by atoms with Gasteiger partial charge in [0.15, 0.2) is 0 Å². The van der Waals surface area contributed by atoms with E-state index in [2.05, 4.69) is 0 Å². The molecule has 0 aromatic heterocycles. The normalized spacial score (nSPS) is 11.4. The summed E-state index contributed by atoms with van der Waals surface area (Å²) in [6, 6.07) is 10.8. The molecule has 1 nitrogen and oxygen atoms in total. The summed E-state index contributed by atoms with van der Waals surface area (Å²) in [6.07, 6.45) is 0. The van der Waals surface area contributed by atoms with Crippen LogP contribution in [-0.2, 0) is 5.92 Å². The third-order valence-electron chi connectivity index (χ3n) is 2.50. The minimum atomic E-state index is -3.42. The molecule has 0 spiro atoms. The largest absolute Gasteiger partial charge is 0.357 e. The lowest BCUT2D eigenvalue weighted by molar-refractivity contribution is 0.0614. The van der Waals surface area contributed by atoms with Gasteiger partial charge in [0.1, 0.15) is 6.07 Å². The van der Waals surface area contributed by atoms with Crippen LogP contribution in [0.25, 0.3) is 10.8 Å². The Balaban J connectivity index is 2.62. The summed E-state index contributed by atoms with van der Waals surface area (Å²) < 4.78 is 26.3. The summed E-state index contributed by atoms with van der Waals surface area (Å²) in [7, 11) is 0. The molecule has 0 saturated heterocycles. The van der Waals surface area contributed by atoms with Gasteiger partial charge in [0, 0.05) is 5.56 Å². The number of fused-ring (bicyclic) bond motifs is 1. The molecule has 0 atom stereocenters. The molecule has 2 rings (SSSR count). The van der Waals surface area contributed by atoms with Crippen LogP contribution >= 0.6 is 0 Å². The second-order valence-corrected chi connectivity index (χ2v) is 3.75. The van der Waals surface area contributed by atoms with Crippen molar-refractivity contribution in [2.75, 3.05) is 0 Å². The maximum absolute atomic E-state index is 13.1. The molecule has 0 aliphatic heterocycles. The number of hydrogen-bond donors (Lipinski definition) is 0. The van der Waals surface area contributed by atoms with Crippen LogP contribution in [0.3, 0.4) is 0 Å². The molecule has 3 heteroatoms. The predicted molar refractivity (Wildman–Crippen MR) is 58.2 cm³/mol. The first-order chi connectivity index (χ1) is 7.53. The highest BCUT2D eigenvalue weighted by molar-refractivity contribution is 5.84. The highest BCUT2D eigenvalue weighted by Gasteiger charge is 2.30. The van der Waals surface area contributed by atoms with Crippen molar-refractivity contribution in [3.8, 4) is 6.07 Å². The fourth-order valence-electron chi connectivity index (χ4n) is 1.63. The Hall–Kier alpha value is -1.95. The van der Waals surface area contributed by atoms with Gasteiger partial charge >= 0.3 is 5.92 Å². The number of halogens is 2. The van der Waals surface area contributed by atoms with Crippen LogP contribution in [-0.4, -0.2) is 0 Å². The zero-order valence-electron chi connectivity index (χ0n) is 8.67. The SMILES string of the molecule is Cc1ccc2cc(C(F)(F)C#N)ccc2c1. The van der Waals surface area contributed by atoms with E-state index in [4.69, 9.17) is 5.26 Å². The lowest BCUT2D eigenvalue weighted by atomic mass is 10.0. The van der Waals surface area contributed by atoms with Gasteiger partial charge in [-0.1, -0.05) is 35.9 Å². The van der Waals surface area contributed by atoms with E-state index in [-0.39, 0.29) is 5.56 Å². The summed E-state index contributed by atoms with van der Waals surface area (Å²) in [5, 5.41) is 9.98. The van der Waals surface area contributed by atoms with Crippen LogP contribution in [0, 0.1) is 18.3 Å². The van der Waals surface area contributed by atoms with Gasteiger partial charge < -0.3 is 0 Å². The maximum atomic E-state index is 13.1. The lowest BCUT2D eigenvalue weighted by Crippen LogP contribution is -2.09. The molecule has 0 radical (unpaired) electrons. The molecule has 2 aromatic carbocycles. The van der Waals surface area contributed by atoms with Crippen LogP contribution in [0.1, 0.15) is 11.1 Å². The van der Waals surface area contributed by atoms with Crippen LogP contribution in [0.5, 0.6) is 0 Å². The number of alkyl halides is 2. The first-order valence-electron chi connectivity index (χ1n) is 4.83. The zero-order valence-corrected chi connectivity index (χ0v) is 8.67. The van der Waals surface area contributed by atoms with E-state index in [9.17, 15) is 8.78 Å². The molecule has 0 amide bonds.